The molecule has 0 radical (unpaired) electrons. The van der Waals surface area contributed by atoms with Crippen LogP contribution in [0.2, 0.25) is 0 Å². The zero-order valence-electron chi connectivity index (χ0n) is 23.3. The van der Waals surface area contributed by atoms with Crippen molar-refractivity contribution in [2.24, 2.45) is 0 Å². The molecule has 0 bridgehead atoms. The summed E-state index contributed by atoms with van der Waals surface area (Å²) in [4.78, 5) is 20.0. The van der Waals surface area contributed by atoms with E-state index in [1.165, 1.54) is 63.0 Å². The van der Waals surface area contributed by atoms with Gasteiger partial charge in [-0.1, -0.05) is 31.7 Å². The quantitative estimate of drug-likeness (QED) is 0.221. The van der Waals surface area contributed by atoms with Gasteiger partial charge in [-0.05, 0) is 119 Å². The van der Waals surface area contributed by atoms with Gasteiger partial charge in [0.25, 0.3) is 0 Å². The second-order valence-corrected chi connectivity index (χ2v) is 12.6. The Hall–Kier alpha value is -3.16. The molecule has 0 atom stereocenters. The van der Waals surface area contributed by atoms with Gasteiger partial charge in [0.05, 0.1) is 6.54 Å². The van der Waals surface area contributed by atoms with E-state index in [1.807, 2.05) is 19.3 Å². The second-order valence-electron chi connectivity index (χ2n) is 10.5. The van der Waals surface area contributed by atoms with Crippen molar-refractivity contribution in [1.82, 2.24) is 9.88 Å². The molecule has 5 nitrogen and oxygen atoms in total. The number of anilines is 2. The number of carbonyl (C=O) groups is 1. The number of aryl methyl sites for hydroxylation is 3. The van der Waals surface area contributed by atoms with Crippen LogP contribution in [0, 0.1) is 6.92 Å². The van der Waals surface area contributed by atoms with Gasteiger partial charge in [-0.3, -0.25) is 4.79 Å². The van der Waals surface area contributed by atoms with E-state index < -0.39 is 0 Å². The standard InChI is InChI=1S/C24H26N2OS.C9H11BrN2.CH4/c1-17-20-8-3-4-9-22(20)28-23(17)16-26(2)24(27)13-11-18-10-12-21-19(15-18)7-5-6-14-25-21;10-8-5-7-3-1-2-4-11-9(7)12-6-8;/h3-4,8-13,15,25H,5-7,14,16H2,1-2H3;5-6H,1-4H2,(H,11,12);1H4/b13-11+;;. The number of nitrogens with zero attached hydrogens (tertiary/aromatic N) is 2. The predicted molar refractivity (Wildman–Crippen MR) is 180 cm³/mol. The number of rotatable bonds is 4. The van der Waals surface area contributed by atoms with E-state index in [4.69, 9.17) is 0 Å². The molecular weight excluding hydrogens is 592 g/mol. The lowest BCUT2D eigenvalue weighted by Crippen LogP contribution is -2.23. The monoisotopic (exact) mass is 632 g/mol. The molecule has 2 aliphatic rings. The molecule has 0 saturated carbocycles. The van der Waals surface area contributed by atoms with Crippen LogP contribution in [0.3, 0.4) is 0 Å². The average Bonchev–Trinajstić information content (AvgIpc) is 3.16. The lowest BCUT2D eigenvalue weighted by molar-refractivity contribution is -0.125. The number of nitrogens with one attached hydrogen (secondary N) is 2. The molecule has 2 aliphatic heterocycles. The van der Waals surface area contributed by atoms with Gasteiger partial charge in [0.15, 0.2) is 0 Å². The Labute approximate surface area is 257 Å². The van der Waals surface area contributed by atoms with Crippen molar-refractivity contribution in [1.29, 1.82) is 0 Å². The lowest BCUT2D eigenvalue weighted by atomic mass is 10.0. The third-order valence-corrected chi connectivity index (χ3v) is 9.23. The number of hydrogen-bond donors (Lipinski definition) is 2. The van der Waals surface area contributed by atoms with Crippen molar-refractivity contribution in [3.8, 4) is 0 Å². The van der Waals surface area contributed by atoms with Crippen LogP contribution in [-0.4, -0.2) is 35.9 Å². The molecule has 2 N–H and O–H groups in total. The summed E-state index contributed by atoms with van der Waals surface area (Å²) in [6.07, 6.45) is 12.6. The van der Waals surface area contributed by atoms with Crippen molar-refractivity contribution in [3.05, 3.63) is 92.4 Å². The van der Waals surface area contributed by atoms with Crippen LogP contribution >= 0.6 is 27.3 Å². The largest absolute Gasteiger partial charge is 0.385 e. The van der Waals surface area contributed by atoms with Crippen molar-refractivity contribution >= 4 is 60.8 Å². The molecule has 6 rings (SSSR count). The lowest BCUT2D eigenvalue weighted by Gasteiger charge is -2.14. The van der Waals surface area contributed by atoms with Crippen LogP contribution in [-0.2, 0) is 24.2 Å². The van der Waals surface area contributed by atoms with E-state index in [0.717, 1.165) is 41.8 Å². The number of carbonyl (C=O) groups excluding carboxylic acids is 1. The summed E-state index contributed by atoms with van der Waals surface area (Å²) in [6.45, 7) is 4.89. The molecule has 2 aromatic heterocycles. The molecule has 0 spiro atoms. The van der Waals surface area contributed by atoms with Gasteiger partial charge in [-0.2, -0.15) is 0 Å². The molecule has 7 heteroatoms. The minimum atomic E-state index is 0. The van der Waals surface area contributed by atoms with Gasteiger partial charge < -0.3 is 15.5 Å². The van der Waals surface area contributed by atoms with E-state index in [1.54, 1.807) is 22.3 Å². The van der Waals surface area contributed by atoms with Gasteiger partial charge in [0, 0.05) is 52.1 Å². The highest BCUT2D eigenvalue weighted by Gasteiger charge is 2.13. The van der Waals surface area contributed by atoms with Crippen LogP contribution in [0.4, 0.5) is 11.5 Å². The van der Waals surface area contributed by atoms with Gasteiger partial charge in [-0.15, -0.1) is 11.3 Å². The number of aromatic nitrogens is 1. The van der Waals surface area contributed by atoms with E-state index >= 15 is 0 Å². The molecule has 0 unspecified atom stereocenters. The molecule has 1 amide bonds. The second kappa shape index (κ2) is 14.6. The van der Waals surface area contributed by atoms with Gasteiger partial charge in [0.1, 0.15) is 5.82 Å². The maximum absolute atomic E-state index is 12.6. The summed E-state index contributed by atoms with van der Waals surface area (Å²) >= 11 is 5.20. The number of benzene rings is 2. The third kappa shape index (κ3) is 7.98. The van der Waals surface area contributed by atoms with Crippen molar-refractivity contribution in [2.45, 2.75) is 59.4 Å². The molecule has 0 fully saturated rings. The van der Waals surface area contributed by atoms with Gasteiger partial charge in [-0.25, -0.2) is 4.98 Å². The number of thiophene rings is 1. The average molecular weight is 634 g/mol. The minimum absolute atomic E-state index is 0. The highest BCUT2D eigenvalue weighted by molar-refractivity contribution is 9.10. The van der Waals surface area contributed by atoms with Crippen molar-refractivity contribution in [3.63, 3.8) is 0 Å². The van der Waals surface area contributed by atoms with Gasteiger partial charge in [0.2, 0.25) is 5.91 Å². The summed E-state index contributed by atoms with van der Waals surface area (Å²) in [6, 6.07) is 17.0. The molecule has 2 aromatic carbocycles. The Balaban J connectivity index is 0.000000249. The zero-order valence-corrected chi connectivity index (χ0v) is 25.7. The smallest absolute Gasteiger partial charge is 0.246 e. The Morgan fingerprint density at radius 3 is 2.59 bits per heavy atom. The number of halogens is 1. The molecule has 4 heterocycles. The van der Waals surface area contributed by atoms with E-state index in [9.17, 15) is 4.79 Å². The minimum Gasteiger partial charge on any atom is -0.385 e. The first kappa shape index (κ1) is 30.8. The molecule has 0 saturated heterocycles. The zero-order chi connectivity index (χ0) is 27.9. The summed E-state index contributed by atoms with van der Waals surface area (Å²) in [5, 5.41) is 8.09. The third-order valence-electron chi connectivity index (χ3n) is 7.53. The number of amides is 1. The fourth-order valence-corrected chi connectivity index (χ4v) is 6.85. The summed E-state index contributed by atoms with van der Waals surface area (Å²) in [7, 11) is 1.87. The maximum atomic E-state index is 12.6. The highest BCUT2D eigenvalue weighted by atomic mass is 79.9. The van der Waals surface area contributed by atoms with Crippen LogP contribution in [0.25, 0.3) is 16.2 Å². The Morgan fingerprint density at radius 1 is 1.02 bits per heavy atom. The van der Waals surface area contributed by atoms with E-state index in [-0.39, 0.29) is 13.3 Å². The van der Waals surface area contributed by atoms with Gasteiger partial charge >= 0.3 is 0 Å². The number of likely N-dealkylation sites (N-methyl/N-ethyl adjacent to an activating group) is 1. The fraction of sp³-hybridized carbons (Fsp3) is 0.353. The number of hydrogen-bond acceptors (Lipinski definition) is 5. The Morgan fingerprint density at radius 2 is 1.78 bits per heavy atom. The Kier molecular flexibility index (Phi) is 11.0. The normalized spacial score (nSPS) is 14.2. The molecule has 41 heavy (non-hydrogen) atoms. The van der Waals surface area contributed by atoms with E-state index in [2.05, 4.69) is 87.0 Å². The van der Waals surface area contributed by atoms with Crippen LogP contribution < -0.4 is 10.6 Å². The summed E-state index contributed by atoms with van der Waals surface area (Å²) < 4.78 is 2.36. The predicted octanol–water partition coefficient (Wildman–Crippen LogP) is 8.86. The van der Waals surface area contributed by atoms with Crippen LogP contribution in [0.5, 0.6) is 0 Å². The van der Waals surface area contributed by atoms with Crippen molar-refractivity contribution in [2.75, 3.05) is 30.8 Å². The van der Waals surface area contributed by atoms with Crippen LogP contribution in [0.1, 0.15) is 60.2 Å². The number of fused-ring (bicyclic) bond motifs is 3. The first-order valence-corrected chi connectivity index (χ1v) is 15.7. The van der Waals surface area contributed by atoms with Crippen molar-refractivity contribution < 1.29 is 4.79 Å². The fourth-order valence-electron chi connectivity index (χ4n) is 5.20. The summed E-state index contributed by atoms with van der Waals surface area (Å²) in [5.41, 5.74) is 6.28. The number of pyridine rings is 1. The highest BCUT2D eigenvalue weighted by Crippen LogP contribution is 2.31. The van der Waals surface area contributed by atoms with E-state index in [0.29, 0.717) is 6.54 Å². The molecular formula is C34H41BrN4OS. The maximum Gasteiger partial charge on any atom is 0.246 e. The SMILES string of the molecule is Brc1cnc2c(c1)CCCCN2.C.Cc1c(CN(C)C(=O)/C=C/c2ccc3c(c2)CCCCN3)sc2ccccc12. The first-order chi connectivity index (χ1) is 19.5. The molecule has 4 aromatic rings. The Bertz CT molecular complexity index is 1510. The molecule has 0 aliphatic carbocycles. The molecule has 216 valence electrons. The van der Waals surface area contributed by atoms with Crippen LogP contribution in [0.15, 0.2) is 65.3 Å². The summed E-state index contributed by atoms with van der Waals surface area (Å²) in [5.74, 6) is 1.10. The topological polar surface area (TPSA) is 57.3 Å². The first-order valence-electron chi connectivity index (χ1n) is 14.1.